The summed E-state index contributed by atoms with van der Waals surface area (Å²) in [7, 11) is 0. The highest BCUT2D eigenvalue weighted by Crippen LogP contribution is 2.24. The molecule has 130 valence electrons. The summed E-state index contributed by atoms with van der Waals surface area (Å²) in [6.45, 7) is 4.24. The average molecular weight is 336 g/mol. The molecule has 1 atom stereocenters. The largest absolute Gasteiger partial charge is 0.394 e. The summed E-state index contributed by atoms with van der Waals surface area (Å²) in [5, 5.41) is 17.0. The van der Waals surface area contributed by atoms with Crippen molar-refractivity contribution in [2.45, 2.75) is 32.7 Å². The summed E-state index contributed by atoms with van der Waals surface area (Å²) in [5.41, 5.74) is 3.11. The maximum atomic E-state index is 9.49. The second kappa shape index (κ2) is 7.94. The standard InChI is InChI=1S/C20H24N4O/c1-3-14-9-11-16(12-10-14)22-20-23-18-8-6-5-7-17(18)19(24-20)21-15(4-2)13-25/h5-12,15,25H,3-4,13H2,1-2H3,(H2,21,22,23,24). The molecule has 3 rings (SSSR count). The third kappa shape index (κ3) is 4.06. The van der Waals surface area contributed by atoms with Crippen LogP contribution >= 0.6 is 0 Å². The van der Waals surface area contributed by atoms with Crippen molar-refractivity contribution in [2.75, 3.05) is 17.2 Å². The van der Waals surface area contributed by atoms with Crippen LogP contribution in [0, 0.1) is 0 Å². The van der Waals surface area contributed by atoms with E-state index >= 15 is 0 Å². The first-order valence-corrected chi connectivity index (χ1v) is 8.73. The van der Waals surface area contributed by atoms with Crippen molar-refractivity contribution in [2.24, 2.45) is 0 Å². The van der Waals surface area contributed by atoms with Gasteiger partial charge in [0.15, 0.2) is 0 Å². The molecule has 0 bridgehead atoms. The van der Waals surface area contributed by atoms with Crippen molar-refractivity contribution in [1.82, 2.24) is 9.97 Å². The van der Waals surface area contributed by atoms with Crippen molar-refractivity contribution < 1.29 is 5.11 Å². The Morgan fingerprint density at radius 1 is 1.00 bits per heavy atom. The predicted octanol–water partition coefficient (Wildman–Crippen LogP) is 4.12. The van der Waals surface area contributed by atoms with Gasteiger partial charge in [-0.1, -0.05) is 38.1 Å². The number of aliphatic hydroxyl groups is 1. The highest BCUT2D eigenvalue weighted by Gasteiger charge is 2.11. The summed E-state index contributed by atoms with van der Waals surface area (Å²) in [6.07, 6.45) is 1.83. The van der Waals surface area contributed by atoms with Crippen LogP contribution in [-0.4, -0.2) is 27.7 Å². The molecule has 2 aromatic carbocycles. The first-order valence-electron chi connectivity index (χ1n) is 8.73. The number of hydrogen-bond acceptors (Lipinski definition) is 5. The monoisotopic (exact) mass is 336 g/mol. The van der Waals surface area contributed by atoms with E-state index in [-0.39, 0.29) is 12.6 Å². The Bertz CT molecular complexity index is 829. The van der Waals surface area contributed by atoms with Crippen molar-refractivity contribution in [1.29, 1.82) is 0 Å². The Morgan fingerprint density at radius 3 is 2.44 bits per heavy atom. The maximum Gasteiger partial charge on any atom is 0.229 e. The molecule has 1 unspecified atom stereocenters. The summed E-state index contributed by atoms with van der Waals surface area (Å²) >= 11 is 0. The fraction of sp³-hybridized carbons (Fsp3) is 0.300. The molecule has 0 aliphatic rings. The lowest BCUT2D eigenvalue weighted by Gasteiger charge is -2.17. The van der Waals surface area contributed by atoms with E-state index < -0.39 is 0 Å². The molecule has 5 nitrogen and oxygen atoms in total. The topological polar surface area (TPSA) is 70.1 Å². The molecule has 3 aromatic rings. The molecule has 25 heavy (non-hydrogen) atoms. The first kappa shape index (κ1) is 17.2. The Kier molecular flexibility index (Phi) is 5.46. The highest BCUT2D eigenvalue weighted by molar-refractivity contribution is 5.90. The van der Waals surface area contributed by atoms with E-state index in [0.717, 1.165) is 35.2 Å². The van der Waals surface area contributed by atoms with Crippen molar-refractivity contribution >= 4 is 28.4 Å². The number of para-hydroxylation sites is 1. The van der Waals surface area contributed by atoms with Gasteiger partial charge in [0.2, 0.25) is 5.95 Å². The zero-order valence-electron chi connectivity index (χ0n) is 14.7. The van der Waals surface area contributed by atoms with Crippen LogP contribution in [0.15, 0.2) is 48.5 Å². The van der Waals surface area contributed by atoms with E-state index in [9.17, 15) is 5.11 Å². The Balaban J connectivity index is 1.94. The normalized spacial score (nSPS) is 12.1. The summed E-state index contributed by atoms with van der Waals surface area (Å²) in [6, 6.07) is 16.1. The number of aliphatic hydroxyl groups excluding tert-OH is 1. The third-order valence-corrected chi connectivity index (χ3v) is 4.28. The summed E-state index contributed by atoms with van der Waals surface area (Å²) < 4.78 is 0. The number of hydrogen-bond donors (Lipinski definition) is 3. The molecular weight excluding hydrogens is 312 g/mol. The van der Waals surface area contributed by atoms with Crippen molar-refractivity contribution in [3.8, 4) is 0 Å². The van der Waals surface area contributed by atoms with Crippen molar-refractivity contribution in [3.05, 3.63) is 54.1 Å². The highest BCUT2D eigenvalue weighted by atomic mass is 16.3. The minimum atomic E-state index is -0.0324. The SMILES string of the molecule is CCc1ccc(Nc2nc(NC(CC)CO)c3ccccc3n2)cc1. The Morgan fingerprint density at radius 2 is 1.76 bits per heavy atom. The number of aryl methyl sites for hydroxylation is 1. The summed E-state index contributed by atoms with van der Waals surface area (Å²) in [5.74, 6) is 1.28. The van der Waals surface area contributed by atoms with E-state index in [4.69, 9.17) is 0 Å². The molecular formula is C20H24N4O. The second-order valence-corrected chi connectivity index (χ2v) is 6.02. The lowest BCUT2D eigenvalue weighted by Crippen LogP contribution is -2.23. The molecule has 0 saturated heterocycles. The number of fused-ring (bicyclic) bond motifs is 1. The van der Waals surface area contributed by atoms with Gasteiger partial charge in [0.25, 0.3) is 0 Å². The number of rotatable bonds is 7. The van der Waals surface area contributed by atoms with Gasteiger partial charge < -0.3 is 15.7 Å². The van der Waals surface area contributed by atoms with Gasteiger partial charge in [-0.05, 0) is 42.7 Å². The molecule has 1 heterocycles. The number of aromatic nitrogens is 2. The van der Waals surface area contributed by atoms with Gasteiger partial charge in [0, 0.05) is 11.1 Å². The van der Waals surface area contributed by atoms with E-state index in [1.165, 1.54) is 5.56 Å². The molecule has 1 aromatic heterocycles. The molecule has 0 fully saturated rings. The van der Waals surface area contributed by atoms with Crippen LogP contribution < -0.4 is 10.6 Å². The molecule has 0 radical (unpaired) electrons. The minimum Gasteiger partial charge on any atom is -0.394 e. The molecule has 3 N–H and O–H groups in total. The van der Waals surface area contributed by atoms with Gasteiger partial charge in [-0.3, -0.25) is 0 Å². The minimum absolute atomic E-state index is 0.0324. The van der Waals surface area contributed by atoms with Crippen molar-refractivity contribution in [3.63, 3.8) is 0 Å². The molecule has 0 saturated carbocycles. The third-order valence-electron chi connectivity index (χ3n) is 4.28. The van der Waals surface area contributed by atoms with Gasteiger partial charge in [-0.2, -0.15) is 4.98 Å². The van der Waals surface area contributed by atoms with E-state index in [0.29, 0.717) is 5.95 Å². The first-order chi connectivity index (χ1) is 12.2. The summed E-state index contributed by atoms with van der Waals surface area (Å²) in [4.78, 5) is 9.24. The predicted molar refractivity (Wildman–Crippen MR) is 103 cm³/mol. The number of anilines is 3. The maximum absolute atomic E-state index is 9.49. The van der Waals surface area contributed by atoms with Gasteiger partial charge in [0.05, 0.1) is 18.2 Å². The van der Waals surface area contributed by atoms with Gasteiger partial charge in [-0.25, -0.2) is 4.98 Å². The van der Waals surface area contributed by atoms with Crippen LogP contribution in [0.5, 0.6) is 0 Å². The number of nitrogens with one attached hydrogen (secondary N) is 2. The lowest BCUT2D eigenvalue weighted by molar-refractivity contribution is 0.271. The van der Waals surface area contributed by atoms with Gasteiger partial charge in [0.1, 0.15) is 5.82 Å². The fourth-order valence-electron chi connectivity index (χ4n) is 2.67. The van der Waals surface area contributed by atoms with Crippen LogP contribution in [0.25, 0.3) is 10.9 Å². The van der Waals surface area contributed by atoms with E-state index in [2.05, 4.69) is 39.7 Å². The molecule has 0 spiro atoms. The van der Waals surface area contributed by atoms with Crippen LogP contribution in [0.2, 0.25) is 0 Å². The van der Waals surface area contributed by atoms with E-state index in [1.807, 2.05) is 43.3 Å². The smallest absolute Gasteiger partial charge is 0.229 e. The van der Waals surface area contributed by atoms with Crippen LogP contribution in [0.1, 0.15) is 25.8 Å². The van der Waals surface area contributed by atoms with Gasteiger partial charge in [-0.15, -0.1) is 0 Å². The molecule has 0 aliphatic heterocycles. The van der Waals surface area contributed by atoms with Gasteiger partial charge >= 0.3 is 0 Å². The fourth-order valence-corrected chi connectivity index (χ4v) is 2.67. The van der Waals surface area contributed by atoms with E-state index in [1.54, 1.807) is 0 Å². The Labute approximate surface area is 148 Å². The average Bonchev–Trinajstić information content (AvgIpc) is 2.66. The second-order valence-electron chi connectivity index (χ2n) is 6.02. The zero-order valence-corrected chi connectivity index (χ0v) is 14.7. The van der Waals surface area contributed by atoms with Crippen LogP contribution in [0.4, 0.5) is 17.5 Å². The lowest BCUT2D eigenvalue weighted by atomic mass is 10.1. The molecule has 5 heteroatoms. The Hall–Kier alpha value is -2.66. The molecule has 0 aliphatic carbocycles. The number of nitrogens with zero attached hydrogens (tertiary/aromatic N) is 2. The number of benzene rings is 2. The zero-order chi connectivity index (χ0) is 17.6. The van der Waals surface area contributed by atoms with Crippen LogP contribution in [-0.2, 0) is 6.42 Å². The quantitative estimate of drug-likeness (QED) is 0.605. The van der Waals surface area contributed by atoms with Crippen LogP contribution in [0.3, 0.4) is 0 Å². The molecule has 0 amide bonds.